The van der Waals surface area contributed by atoms with Crippen molar-refractivity contribution in [3.63, 3.8) is 0 Å². The molecule has 1 aromatic rings. The van der Waals surface area contributed by atoms with E-state index in [1.54, 1.807) is 0 Å². The maximum Gasteiger partial charge on any atom is 0.419 e. The fraction of sp³-hybridized carbons (Fsp3) is 0.643. The summed E-state index contributed by atoms with van der Waals surface area (Å²) in [4.78, 5) is 6.07. The number of halogens is 3. The minimum Gasteiger partial charge on any atom is -0.368 e. The van der Waals surface area contributed by atoms with Gasteiger partial charge in [-0.15, -0.1) is 0 Å². The first-order valence-electron chi connectivity index (χ1n) is 6.95. The van der Waals surface area contributed by atoms with Gasteiger partial charge < -0.3 is 10.2 Å². The summed E-state index contributed by atoms with van der Waals surface area (Å²) in [5, 5.41) is 2.81. The zero-order valence-corrected chi connectivity index (χ0v) is 11.6. The molecule has 0 spiro atoms. The molecule has 0 unspecified atom stereocenters. The van der Waals surface area contributed by atoms with E-state index in [0.717, 1.165) is 44.5 Å². The summed E-state index contributed by atoms with van der Waals surface area (Å²) in [6, 6.07) is 2.36. The van der Waals surface area contributed by atoms with Crippen molar-refractivity contribution in [2.45, 2.75) is 25.9 Å². The first kappa shape index (κ1) is 15.1. The zero-order valence-electron chi connectivity index (χ0n) is 11.6. The van der Waals surface area contributed by atoms with E-state index >= 15 is 0 Å². The molecule has 112 valence electrons. The number of rotatable bonds is 4. The van der Waals surface area contributed by atoms with E-state index in [4.69, 9.17) is 0 Å². The van der Waals surface area contributed by atoms with Gasteiger partial charge in [0, 0.05) is 19.3 Å². The molecule has 1 aliphatic heterocycles. The van der Waals surface area contributed by atoms with Gasteiger partial charge in [0.1, 0.15) is 5.82 Å². The quantitative estimate of drug-likeness (QED) is 0.921. The third kappa shape index (κ3) is 4.10. The van der Waals surface area contributed by atoms with Gasteiger partial charge in [0.2, 0.25) is 0 Å². The molecule has 2 rings (SSSR count). The highest BCUT2D eigenvalue weighted by Gasteiger charge is 2.33. The van der Waals surface area contributed by atoms with Crippen LogP contribution in [0.3, 0.4) is 0 Å². The van der Waals surface area contributed by atoms with E-state index in [-0.39, 0.29) is 5.82 Å². The highest BCUT2D eigenvalue weighted by Crippen LogP contribution is 2.33. The number of hydrogen-bond acceptors (Lipinski definition) is 3. The number of hydrogen-bond donors (Lipinski definition) is 1. The highest BCUT2D eigenvalue weighted by molar-refractivity contribution is 5.45. The van der Waals surface area contributed by atoms with Gasteiger partial charge in [-0.05, 0) is 44.0 Å². The van der Waals surface area contributed by atoms with Crippen LogP contribution in [0.15, 0.2) is 18.3 Å². The van der Waals surface area contributed by atoms with Gasteiger partial charge in [0.05, 0.1) is 5.56 Å². The largest absolute Gasteiger partial charge is 0.419 e. The summed E-state index contributed by atoms with van der Waals surface area (Å²) in [7, 11) is 0. The summed E-state index contributed by atoms with van der Waals surface area (Å²) in [5.41, 5.74) is -0.702. The van der Waals surface area contributed by atoms with Crippen LogP contribution < -0.4 is 5.32 Å². The maximum absolute atomic E-state index is 12.8. The number of likely N-dealkylation sites (tertiary alicyclic amines) is 1. The summed E-state index contributed by atoms with van der Waals surface area (Å²) >= 11 is 0. The normalized spacial score (nSPS) is 18.2. The summed E-state index contributed by atoms with van der Waals surface area (Å²) in [5.74, 6) is 0.678. The molecule has 6 heteroatoms. The molecule has 1 aromatic heterocycles. The predicted molar refractivity (Wildman–Crippen MR) is 72.6 cm³/mol. The molecule has 1 saturated heterocycles. The van der Waals surface area contributed by atoms with Crippen molar-refractivity contribution < 1.29 is 13.2 Å². The summed E-state index contributed by atoms with van der Waals surface area (Å²) in [6.45, 7) is 5.52. The van der Waals surface area contributed by atoms with Crippen molar-refractivity contribution in [3.05, 3.63) is 23.9 Å². The number of pyridine rings is 1. The molecule has 3 nitrogen and oxygen atoms in total. The van der Waals surface area contributed by atoms with E-state index in [0.29, 0.717) is 6.54 Å². The van der Waals surface area contributed by atoms with Gasteiger partial charge >= 0.3 is 6.18 Å². The lowest BCUT2D eigenvalue weighted by Crippen LogP contribution is -2.36. The number of piperidine rings is 1. The maximum atomic E-state index is 12.8. The Labute approximate surface area is 117 Å². The summed E-state index contributed by atoms with van der Waals surface area (Å²) < 4.78 is 38.3. The minimum atomic E-state index is -4.36. The average Bonchev–Trinajstić information content (AvgIpc) is 2.40. The van der Waals surface area contributed by atoms with Gasteiger partial charge in [-0.25, -0.2) is 4.98 Å². The monoisotopic (exact) mass is 287 g/mol. The number of nitrogens with zero attached hydrogens (tertiary/aromatic N) is 2. The number of anilines is 1. The van der Waals surface area contributed by atoms with Crippen molar-refractivity contribution >= 4 is 5.82 Å². The fourth-order valence-electron chi connectivity index (χ4n) is 2.39. The lowest BCUT2D eigenvalue weighted by atomic mass is 9.99. The molecule has 0 amide bonds. The van der Waals surface area contributed by atoms with E-state index in [2.05, 4.69) is 22.1 Å². The SMILES string of the molecule is CC1CCN(CCNc2ncccc2C(F)(F)F)CC1. The van der Waals surface area contributed by atoms with Gasteiger partial charge in [0.25, 0.3) is 0 Å². The van der Waals surface area contributed by atoms with Crippen LogP contribution in [0.4, 0.5) is 19.0 Å². The molecular formula is C14H20F3N3. The lowest BCUT2D eigenvalue weighted by Gasteiger charge is -2.30. The molecule has 0 aliphatic carbocycles. The van der Waals surface area contributed by atoms with E-state index in [9.17, 15) is 13.2 Å². The Balaban J connectivity index is 1.85. The minimum absolute atomic E-state index is 0.0784. The van der Waals surface area contributed by atoms with Crippen LogP contribution in [0.1, 0.15) is 25.3 Å². The Morgan fingerprint density at radius 2 is 2.05 bits per heavy atom. The fourth-order valence-corrected chi connectivity index (χ4v) is 2.39. The predicted octanol–water partition coefficient (Wildman–Crippen LogP) is 3.24. The third-order valence-corrected chi connectivity index (χ3v) is 3.71. The van der Waals surface area contributed by atoms with Crippen LogP contribution >= 0.6 is 0 Å². The van der Waals surface area contributed by atoms with Crippen LogP contribution in [0.5, 0.6) is 0 Å². The van der Waals surface area contributed by atoms with Crippen molar-refractivity contribution in [1.82, 2.24) is 9.88 Å². The molecule has 0 saturated carbocycles. The molecule has 1 aliphatic rings. The Kier molecular flexibility index (Phi) is 4.86. The van der Waals surface area contributed by atoms with Crippen LogP contribution in [0.25, 0.3) is 0 Å². The van der Waals surface area contributed by atoms with Crippen LogP contribution in [0.2, 0.25) is 0 Å². The van der Waals surface area contributed by atoms with Crippen LogP contribution in [0, 0.1) is 5.92 Å². The first-order valence-corrected chi connectivity index (χ1v) is 6.95. The first-order chi connectivity index (χ1) is 9.47. The molecule has 0 atom stereocenters. The highest BCUT2D eigenvalue weighted by atomic mass is 19.4. The smallest absolute Gasteiger partial charge is 0.368 e. The Morgan fingerprint density at radius 1 is 1.35 bits per heavy atom. The standard InChI is InChI=1S/C14H20F3N3/c1-11-4-8-20(9-5-11)10-7-19-13-12(14(15,16)17)3-2-6-18-13/h2-3,6,11H,4-5,7-10H2,1H3,(H,18,19). The van der Waals surface area contributed by atoms with E-state index < -0.39 is 11.7 Å². The lowest BCUT2D eigenvalue weighted by molar-refractivity contribution is -0.137. The second-order valence-corrected chi connectivity index (χ2v) is 5.35. The zero-order chi connectivity index (χ0) is 14.6. The van der Waals surface area contributed by atoms with Gasteiger partial charge in [-0.1, -0.05) is 6.92 Å². The Hall–Kier alpha value is -1.30. The van der Waals surface area contributed by atoms with Gasteiger partial charge in [-0.3, -0.25) is 0 Å². The molecule has 1 fully saturated rings. The molecule has 0 aromatic carbocycles. The van der Waals surface area contributed by atoms with Crippen molar-refractivity contribution in [1.29, 1.82) is 0 Å². The third-order valence-electron chi connectivity index (χ3n) is 3.71. The van der Waals surface area contributed by atoms with Gasteiger partial charge in [-0.2, -0.15) is 13.2 Å². The topological polar surface area (TPSA) is 28.2 Å². The Bertz CT molecular complexity index is 426. The number of nitrogens with one attached hydrogen (secondary N) is 1. The van der Waals surface area contributed by atoms with E-state index in [1.807, 2.05) is 0 Å². The van der Waals surface area contributed by atoms with Gasteiger partial charge in [0.15, 0.2) is 0 Å². The van der Waals surface area contributed by atoms with Crippen molar-refractivity contribution in [2.75, 3.05) is 31.5 Å². The molecule has 2 heterocycles. The molecule has 20 heavy (non-hydrogen) atoms. The second-order valence-electron chi connectivity index (χ2n) is 5.35. The van der Waals surface area contributed by atoms with Crippen molar-refractivity contribution in [2.24, 2.45) is 5.92 Å². The molecule has 0 radical (unpaired) electrons. The number of aromatic nitrogens is 1. The molecular weight excluding hydrogens is 267 g/mol. The summed E-state index contributed by atoms with van der Waals surface area (Å²) in [6.07, 6.45) is -0.661. The molecule has 1 N–H and O–H groups in total. The average molecular weight is 287 g/mol. The molecule has 0 bridgehead atoms. The van der Waals surface area contributed by atoms with Crippen molar-refractivity contribution in [3.8, 4) is 0 Å². The number of alkyl halides is 3. The van der Waals surface area contributed by atoms with E-state index in [1.165, 1.54) is 12.3 Å². The second kappa shape index (κ2) is 6.43. The van der Waals surface area contributed by atoms with Crippen LogP contribution in [-0.2, 0) is 6.18 Å². The Morgan fingerprint density at radius 3 is 2.70 bits per heavy atom. The van der Waals surface area contributed by atoms with Crippen LogP contribution in [-0.4, -0.2) is 36.1 Å².